The van der Waals surface area contributed by atoms with Gasteiger partial charge in [-0.25, -0.2) is 4.79 Å². The highest BCUT2D eigenvalue weighted by Crippen LogP contribution is 2.13. The van der Waals surface area contributed by atoms with Gasteiger partial charge in [0.25, 0.3) is 5.56 Å². The van der Waals surface area contributed by atoms with E-state index >= 15 is 0 Å². The van der Waals surface area contributed by atoms with E-state index in [9.17, 15) is 9.59 Å². The van der Waals surface area contributed by atoms with E-state index in [-0.39, 0.29) is 17.9 Å². The Morgan fingerprint density at radius 1 is 1.15 bits per heavy atom. The summed E-state index contributed by atoms with van der Waals surface area (Å²) in [4.78, 5) is 24.4. The predicted octanol–water partition coefficient (Wildman–Crippen LogP) is 1.28. The van der Waals surface area contributed by atoms with Crippen molar-refractivity contribution in [3.63, 3.8) is 0 Å². The molecule has 5 heteroatoms. The summed E-state index contributed by atoms with van der Waals surface area (Å²) in [7, 11) is 0. The van der Waals surface area contributed by atoms with Gasteiger partial charge in [0.15, 0.2) is 0 Å². The summed E-state index contributed by atoms with van der Waals surface area (Å²) in [5, 5.41) is 0. The molecule has 0 saturated carbocycles. The molecule has 106 valence electrons. The van der Waals surface area contributed by atoms with Gasteiger partial charge < -0.3 is 5.73 Å². The Kier molecular flexibility index (Phi) is 3.79. The lowest BCUT2D eigenvalue weighted by Gasteiger charge is -2.13. The highest BCUT2D eigenvalue weighted by molar-refractivity contribution is 5.35. The molecule has 0 saturated heterocycles. The summed E-state index contributed by atoms with van der Waals surface area (Å²) in [6, 6.07) is 5.90. The van der Waals surface area contributed by atoms with Crippen LogP contribution in [0.5, 0.6) is 0 Å². The van der Waals surface area contributed by atoms with Crippen LogP contribution in [0, 0.1) is 13.8 Å². The first-order chi connectivity index (χ1) is 9.45. The fraction of sp³-hybridized carbons (Fsp3) is 0.333. The summed E-state index contributed by atoms with van der Waals surface area (Å²) in [6.45, 7) is 6.52. The smallest absolute Gasteiger partial charge is 0.331 e. The average molecular weight is 273 g/mol. The monoisotopic (exact) mass is 273 g/mol. The zero-order valence-electron chi connectivity index (χ0n) is 12.0. The molecule has 2 N–H and O–H groups in total. The molecule has 1 heterocycles. The number of aromatic nitrogens is 2. The van der Waals surface area contributed by atoms with Crippen molar-refractivity contribution in [1.82, 2.24) is 9.13 Å². The van der Waals surface area contributed by atoms with E-state index in [1.54, 1.807) is 0 Å². The molecule has 0 amide bonds. The number of hydrogen-bond donors (Lipinski definition) is 1. The standard InChI is InChI=1S/C15H19N3O2/c1-4-17-9-13(16)14(19)18(15(17)20)8-12-10(2)6-5-7-11(12)3/h5-7,9H,4,8,16H2,1-3H3. The minimum absolute atomic E-state index is 0.0951. The number of nitrogen functional groups attached to an aromatic ring is 1. The molecule has 1 aromatic heterocycles. The van der Waals surface area contributed by atoms with Gasteiger partial charge in [0.05, 0.1) is 6.54 Å². The lowest BCUT2D eigenvalue weighted by Crippen LogP contribution is -2.40. The second kappa shape index (κ2) is 5.36. The van der Waals surface area contributed by atoms with E-state index in [0.717, 1.165) is 16.7 Å². The Bertz CT molecular complexity index is 736. The van der Waals surface area contributed by atoms with Crippen LogP contribution in [0.2, 0.25) is 0 Å². The van der Waals surface area contributed by atoms with Crippen LogP contribution in [-0.2, 0) is 13.1 Å². The highest BCUT2D eigenvalue weighted by Gasteiger charge is 2.11. The second-order valence-corrected chi connectivity index (χ2v) is 4.91. The number of nitrogens with zero attached hydrogens (tertiary/aromatic N) is 2. The van der Waals surface area contributed by atoms with Crippen LogP contribution in [0.25, 0.3) is 0 Å². The van der Waals surface area contributed by atoms with E-state index < -0.39 is 5.56 Å². The van der Waals surface area contributed by atoms with Crippen LogP contribution in [0.15, 0.2) is 34.0 Å². The molecule has 2 rings (SSSR count). The van der Waals surface area contributed by atoms with Crippen LogP contribution in [-0.4, -0.2) is 9.13 Å². The molecule has 0 fully saturated rings. The third-order valence-corrected chi connectivity index (χ3v) is 3.57. The van der Waals surface area contributed by atoms with Crippen molar-refractivity contribution >= 4 is 5.69 Å². The van der Waals surface area contributed by atoms with Crippen molar-refractivity contribution in [2.24, 2.45) is 0 Å². The van der Waals surface area contributed by atoms with Gasteiger partial charge in [0, 0.05) is 12.7 Å². The normalized spacial score (nSPS) is 10.8. The van der Waals surface area contributed by atoms with E-state index in [0.29, 0.717) is 6.54 Å². The van der Waals surface area contributed by atoms with Gasteiger partial charge >= 0.3 is 5.69 Å². The topological polar surface area (TPSA) is 70.0 Å². The van der Waals surface area contributed by atoms with Crippen LogP contribution >= 0.6 is 0 Å². The molecule has 0 aliphatic rings. The summed E-state index contributed by atoms with van der Waals surface area (Å²) < 4.78 is 2.65. The van der Waals surface area contributed by atoms with Crippen LogP contribution in [0.4, 0.5) is 5.69 Å². The molecule has 0 aliphatic heterocycles. The molecular formula is C15H19N3O2. The molecule has 20 heavy (non-hydrogen) atoms. The van der Waals surface area contributed by atoms with Crippen molar-refractivity contribution in [2.45, 2.75) is 33.9 Å². The Labute approximate surface area is 117 Å². The number of rotatable bonds is 3. The highest BCUT2D eigenvalue weighted by atomic mass is 16.2. The van der Waals surface area contributed by atoms with Crippen molar-refractivity contribution in [3.8, 4) is 0 Å². The average Bonchev–Trinajstić information content (AvgIpc) is 2.41. The molecule has 0 unspecified atom stereocenters. The van der Waals surface area contributed by atoms with Gasteiger partial charge in [-0.3, -0.25) is 13.9 Å². The molecule has 1 aromatic carbocycles. The second-order valence-electron chi connectivity index (χ2n) is 4.91. The summed E-state index contributed by atoms with van der Waals surface area (Å²) in [5.74, 6) is 0. The van der Waals surface area contributed by atoms with E-state index in [4.69, 9.17) is 5.73 Å². The first-order valence-corrected chi connectivity index (χ1v) is 6.60. The Morgan fingerprint density at radius 3 is 2.30 bits per heavy atom. The van der Waals surface area contributed by atoms with Gasteiger partial charge in [-0.05, 0) is 37.5 Å². The van der Waals surface area contributed by atoms with Gasteiger partial charge in [0.2, 0.25) is 0 Å². The maximum atomic E-state index is 12.3. The zero-order chi connectivity index (χ0) is 14.9. The lowest BCUT2D eigenvalue weighted by molar-refractivity contribution is 0.601. The van der Waals surface area contributed by atoms with Crippen LogP contribution in [0.1, 0.15) is 23.6 Å². The maximum absolute atomic E-state index is 12.3. The fourth-order valence-corrected chi connectivity index (χ4v) is 2.30. The van der Waals surface area contributed by atoms with Crippen LogP contribution < -0.4 is 17.0 Å². The SMILES string of the molecule is CCn1cc(N)c(=O)n(Cc2c(C)cccc2C)c1=O. The van der Waals surface area contributed by atoms with Crippen LogP contribution in [0.3, 0.4) is 0 Å². The van der Waals surface area contributed by atoms with Crippen molar-refractivity contribution in [1.29, 1.82) is 0 Å². The predicted molar refractivity (Wildman–Crippen MR) is 80.1 cm³/mol. The zero-order valence-corrected chi connectivity index (χ0v) is 12.0. The molecule has 5 nitrogen and oxygen atoms in total. The lowest BCUT2D eigenvalue weighted by atomic mass is 10.0. The minimum Gasteiger partial charge on any atom is -0.393 e. The van der Waals surface area contributed by atoms with E-state index in [1.165, 1.54) is 15.3 Å². The molecular weight excluding hydrogens is 254 g/mol. The first kappa shape index (κ1) is 14.1. The number of aryl methyl sites for hydroxylation is 3. The summed E-state index contributed by atoms with van der Waals surface area (Å²) in [5.41, 5.74) is 8.15. The Balaban J connectivity index is 2.63. The van der Waals surface area contributed by atoms with E-state index in [1.807, 2.05) is 39.0 Å². The molecule has 0 atom stereocenters. The van der Waals surface area contributed by atoms with Gasteiger partial charge in [-0.15, -0.1) is 0 Å². The number of anilines is 1. The Hall–Kier alpha value is -2.30. The van der Waals surface area contributed by atoms with Gasteiger partial charge in [-0.2, -0.15) is 0 Å². The van der Waals surface area contributed by atoms with Gasteiger partial charge in [0.1, 0.15) is 5.69 Å². The number of nitrogens with two attached hydrogens (primary N) is 1. The quantitative estimate of drug-likeness (QED) is 0.915. The summed E-state index contributed by atoms with van der Waals surface area (Å²) >= 11 is 0. The Morgan fingerprint density at radius 2 is 1.75 bits per heavy atom. The number of benzene rings is 1. The molecule has 2 aromatic rings. The fourth-order valence-electron chi connectivity index (χ4n) is 2.30. The minimum atomic E-state index is -0.428. The maximum Gasteiger partial charge on any atom is 0.331 e. The van der Waals surface area contributed by atoms with Gasteiger partial charge in [-0.1, -0.05) is 18.2 Å². The van der Waals surface area contributed by atoms with Crippen molar-refractivity contribution in [2.75, 3.05) is 5.73 Å². The van der Waals surface area contributed by atoms with Crippen molar-refractivity contribution < 1.29 is 0 Å². The first-order valence-electron chi connectivity index (χ1n) is 6.60. The number of hydrogen-bond acceptors (Lipinski definition) is 3. The molecule has 0 bridgehead atoms. The largest absolute Gasteiger partial charge is 0.393 e. The molecule has 0 spiro atoms. The third kappa shape index (κ3) is 2.39. The molecule has 0 radical (unpaired) electrons. The third-order valence-electron chi connectivity index (χ3n) is 3.57. The van der Waals surface area contributed by atoms with Crippen molar-refractivity contribution in [3.05, 3.63) is 61.9 Å². The summed E-state index contributed by atoms with van der Waals surface area (Å²) in [6.07, 6.45) is 1.41. The van der Waals surface area contributed by atoms with E-state index in [2.05, 4.69) is 0 Å². The molecule has 0 aliphatic carbocycles.